The van der Waals surface area contributed by atoms with Crippen LogP contribution >= 0.6 is 0 Å². The summed E-state index contributed by atoms with van der Waals surface area (Å²) >= 11 is 0. The summed E-state index contributed by atoms with van der Waals surface area (Å²) in [7, 11) is 0. The highest BCUT2D eigenvalue weighted by atomic mass is 16.6. The van der Waals surface area contributed by atoms with Crippen molar-refractivity contribution in [3.05, 3.63) is 0 Å². The van der Waals surface area contributed by atoms with Crippen LogP contribution in [0.25, 0.3) is 0 Å². The van der Waals surface area contributed by atoms with E-state index in [1.807, 2.05) is 0 Å². The normalized spacial score (nSPS) is 13.1. The van der Waals surface area contributed by atoms with Crippen LogP contribution in [0.3, 0.4) is 0 Å². The molecule has 5 nitrogen and oxygen atoms in total. The molecule has 0 spiro atoms. The molecule has 2 unspecified atom stereocenters. The molecule has 0 aromatic rings. The summed E-state index contributed by atoms with van der Waals surface area (Å²) in [5.41, 5.74) is 0. The minimum Gasteiger partial charge on any atom is -0.394 e. The first-order valence-electron chi connectivity index (χ1n) is 19.3. The van der Waals surface area contributed by atoms with Crippen molar-refractivity contribution < 1.29 is 24.4 Å². The molecule has 0 amide bonds. The van der Waals surface area contributed by atoms with Gasteiger partial charge in [0.05, 0.1) is 26.4 Å². The molecule has 0 aromatic carbocycles. The van der Waals surface area contributed by atoms with Gasteiger partial charge in [-0.2, -0.15) is 0 Å². The number of rotatable bonds is 38. The van der Waals surface area contributed by atoms with Crippen LogP contribution in [-0.2, 0) is 14.2 Å². The molecule has 0 heterocycles. The monoisotopic (exact) mass is 615 g/mol. The predicted molar refractivity (Wildman–Crippen MR) is 185 cm³/mol. The van der Waals surface area contributed by atoms with Gasteiger partial charge in [-0.25, -0.2) is 0 Å². The van der Waals surface area contributed by atoms with Crippen molar-refractivity contribution in [3.8, 4) is 0 Å². The average molecular weight is 615 g/mol. The third kappa shape index (κ3) is 34.5. The summed E-state index contributed by atoms with van der Waals surface area (Å²) in [4.78, 5) is 0. The van der Waals surface area contributed by atoms with E-state index in [1.54, 1.807) is 0 Å². The van der Waals surface area contributed by atoms with E-state index in [0.29, 0.717) is 26.4 Å². The van der Waals surface area contributed by atoms with Crippen LogP contribution in [0.15, 0.2) is 0 Å². The third-order valence-corrected chi connectivity index (χ3v) is 8.68. The molecule has 0 aliphatic rings. The van der Waals surface area contributed by atoms with Crippen molar-refractivity contribution in [2.75, 3.05) is 39.6 Å². The van der Waals surface area contributed by atoms with Gasteiger partial charge in [0.25, 0.3) is 0 Å². The maximum absolute atomic E-state index is 9.68. The van der Waals surface area contributed by atoms with Gasteiger partial charge in [0.15, 0.2) is 0 Å². The number of aliphatic hydroxyl groups excluding tert-OH is 2. The van der Waals surface area contributed by atoms with Crippen LogP contribution in [0.2, 0.25) is 0 Å². The summed E-state index contributed by atoms with van der Waals surface area (Å²) < 4.78 is 17.4. The van der Waals surface area contributed by atoms with Crippen LogP contribution in [-0.4, -0.2) is 62.1 Å². The van der Waals surface area contributed by atoms with Crippen LogP contribution in [0.4, 0.5) is 0 Å². The van der Waals surface area contributed by atoms with Crippen molar-refractivity contribution in [1.29, 1.82) is 0 Å². The van der Waals surface area contributed by atoms with Crippen molar-refractivity contribution in [2.24, 2.45) is 0 Å². The fourth-order valence-electron chi connectivity index (χ4n) is 5.77. The fraction of sp³-hybridized carbons (Fsp3) is 1.00. The van der Waals surface area contributed by atoms with E-state index in [4.69, 9.17) is 14.2 Å². The fourth-order valence-corrected chi connectivity index (χ4v) is 5.77. The molecule has 260 valence electrons. The molecule has 0 radical (unpaired) electrons. The number of ether oxygens (including phenoxy) is 3. The summed E-state index contributed by atoms with van der Waals surface area (Å²) in [6, 6.07) is 0. The second kappa shape index (κ2) is 38.0. The molecule has 0 fully saturated rings. The summed E-state index contributed by atoms with van der Waals surface area (Å²) in [6.07, 6.45) is 36.9. The smallest absolute Gasteiger partial charge is 0.104 e. The Bertz CT molecular complexity index is 447. The van der Waals surface area contributed by atoms with Crippen LogP contribution in [0, 0.1) is 0 Å². The number of aliphatic hydroxyl groups is 2. The summed E-state index contributed by atoms with van der Waals surface area (Å²) in [5, 5.41) is 19.4. The van der Waals surface area contributed by atoms with Crippen molar-refractivity contribution in [2.45, 2.75) is 206 Å². The maximum atomic E-state index is 9.68. The first kappa shape index (κ1) is 42.8. The topological polar surface area (TPSA) is 68.2 Å². The highest BCUT2D eigenvalue weighted by molar-refractivity contribution is 4.62. The Kier molecular flexibility index (Phi) is 37.8. The Morgan fingerprint density at radius 2 is 0.581 bits per heavy atom. The molecule has 0 rings (SSSR count). The van der Waals surface area contributed by atoms with E-state index in [0.717, 1.165) is 12.8 Å². The number of hydrogen-bond donors (Lipinski definition) is 2. The number of hydrogen-bond acceptors (Lipinski definition) is 5. The van der Waals surface area contributed by atoms with E-state index in [-0.39, 0.29) is 13.2 Å². The van der Waals surface area contributed by atoms with Gasteiger partial charge >= 0.3 is 0 Å². The van der Waals surface area contributed by atoms with E-state index in [9.17, 15) is 10.2 Å². The second-order valence-corrected chi connectivity index (χ2v) is 13.1. The molecular formula is C38H78O5. The minimum absolute atomic E-state index is 0.103. The van der Waals surface area contributed by atoms with Crippen molar-refractivity contribution in [1.82, 2.24) is 0 Å². The molecule has 2 N–H and O–H groups in total. The van der Waals surface area contributed by atoms with Gasteiger partial charge in [-0.15, -0.1) is 0 Å². The van der Waals surface area contributed by atoms with Gasteiger partial charge in [0, 0.05) is 13.2 Å². The molecule has 5 heteroatoms. The molecule has 0 aliphatic heterocycles. The quantitative estimate of drug-likeness (QED) is 0.0677. The molecule has 0 aliphatic carbocycles. The first-order chi connectivity index (χ1) is 21.3. The molecule has 0 saturated carbocycles. The molecule has 43 heavy (non-hydrogen) atoms. The lowest BCUT2D eigenvalue weighted by atomic mass is 10.0. The largest absolute Gasteiger partial charge is 0.394 e. The SMILES string of the molecule is CCCCCCCCCCCCCCCCOCC(CO)OC(CO)COCCCCCCCCCCCCCCCC. The first-order valence-corrected chi connectivity index (χ1v) is 19.3. The van der Waals surface area contributed by atoms with E-state index < -0.39 is 12.2 Å². The molecule has 2 atom stereocenters. The standard InChI is InChI=1S/C38H78O5/c1-3-5-7-9-11-13-15-17-19-21-23-25-27-29-31-41-35-37(33-39)43-38(34-40)36-42-32-30-28-26-24-22-20-18-16-14-12-10-8-6-4-2/h37-40H,3-36H2,1-2H3. The van der Waals surface area contributed by atoms with Gasteiger partial charge < -0.3 is 24.4 Å². The van der Waals surface area contributed by atoms with Gasteiger partial charge in [-0.1, -0.05) is 181 Å². The summed E-state index contributed by atoms with van der Waals surface area (Å²) in [6.45, 7) is 6.50. The highest BCUT2D eigenvalue weighted by Crippen LogP contribution is 2.14. The minimum atomic E-state index is -0.409. The van der Waals surface area contributed by atoms with Crippen molar-refractivity contribution in [3.63, 3.8) is 0 Å². The number of unbranched alkanes of at least 4 members (excludes halogenated alkanes) is 26. The molecule has 0 saturated heterocycles. The lowest BCUT2D eigenvalue weighted by Gasteiger charge is -2.22. The van der Waals surface area contributed by atoms with Crippen LogP contribution in [0.5, 0.6) is 0 Å². The van der Waals surface area contributed by atoms with E-state index in [1.165, 1.54) is 167 Å². The van der Waals surface area contributed by atoms with Gasteiger partial charge in [0.2, 0.25) is 0 Å². The van der Waals surface area contributed by atoms with Crippen LogP contribution in [0.1, 0.15) is 194 Å². The zero-order valence-corrected chi connectivity index (χ0v) is 29.3. The lowest BCUT2D eigenvalue weighted by Crippen LogP contribution is -2.34. The molecule has 0 bridgehead atoms. The highest BCUT2D eigenvalue weighted by Gasteiger charge is 2.16. The average Bonchev–Trinajstić information content (AvgIpc) is 3.02. The zero-order valence-electron chi connectivity index (χ0n) is 29.3. The Labute approximate surface area is 269 Å². The van der Waals surface area contributed by atoms with Gasteiger partial charge in [-0.05, 0) is 12.8 Å². The Balaban J connectivity index is 3.48. The lowest BCUT2D eigenvalue weighted by molar-refractivity contribution is -0.115. The van der Waals surface area contributed by atoms with Crippen LogP contribution < -0.4 is 0 Å². The van der Waals surface area contributed by atoms with Gasteiger partial charge in [-0.3, -0.25) is 0 Å². The van der Waals surface area contributed by atoms with E-state index in [2.05, 4.69) is 13.8 Å². The predicted octanol–water partition coefficient (Wildman–Crippen LogP) is 10.7. The Hall–Kier alpha value is -0.200. The molecule has 0 aromatic heterocycles. The second-order valence-electron chi connectivity index (χ2n) is 13.1. The maximum Gasteiger partial charge on any atom is 0.104 e. The Morgan fingerprint density at radius 1 is 0.349 bits per heavy atom. The zero-order chi connectivity index (χ0) is 31.3. The summed E-state index contributed by atoms with van der Waals surface area (Å²) in [5.74, 6) is 0. The van der Waals surface area contributed by atoms with Crippen molar-refractivity contribution >= 4 is 0 Å². The third-order valence-electron chi connectivity index (χ3n) is 8.68. The van der Waals surface area contributed by atoms with Gasteiger partial charge in [0.1, 0.15) is 12.2 Å². The van der Waals surface area contributed by atoms with E-state index >= 15 is 0 Å². The Morgan fingerprint density at radius 3 is 0.814 bits per heavy atom. The molecular weight excluding hydrogens is 536 g/mol.